The van der Waals surface area contributed by atoms with Gasteiger partial charge in [0.05, 0.1) is 29.9 Å². The van der Waals surface area contributed by atoms with Crippen LogP contribution in [0.2, 0.25) is 0 Å². The van der Waals surface area contributed by atoms with E-state index in [1.54, 1.807) is 6.20 Å². The van der Waals surface area contributed by atoms with Gasteiger partial charge in [0, 0.05) is 31.4 Å². The molecule has 3 aromatic rings. The van der Waals surface area contributed by atoms with Gasteiger partial charge in [0.2, 0.25) is 5.95 Å². The first-order valence-corrected chi connectivity index (χ1v) is 7.79. The highest BCUT2D eigenvalue weighted by atomic mass is 16.3. The third kappa shape index (κ3) is 3.88. The van der Waals surface area contributed by atoms with E-state index in [-0.39, 0.29) is 12.6 Å². The van der Waals surface area contributed by atoms with Crippen LogP contribution in [0.15, 0.2) is 42.7 Å². The van der Waals surface area contributed by atoms with Gasteiger partial charge in [-0.05, 0) is 5.56 Å². The quantitative estimate of drug-likeness (QED) is 0.513. The molecule has 2 heterocycles. The maximum Gasteiger partial charge on any atom is 0.220 e. The molecule has 0 spiro atoms. The minimum Gasteiger partial charge on any atom is -0.394 e. The molecule has 1 atom stereocenters. The van der Waals surface area contributed by atoms with Crippen molar-refractivity contribution in [2.75, 3.05) is 18.9 Å². The fourth-order valence-electron chi connectivity index (χ4n) is 2.72. The van der Waals surface area contributed by atoms with Crippen molar-refractivity contribution in [3.63, 3.8) is 0 Å². The fraction of sp³-hybridized carbons (Fsp3) is 0.294. The number of nitrogens with two attached hydrogens (primary N) is 1. The minimum absolute atomic E-state index is 0.230. The van der Waals surface area contributed by atoms with Crippen LogP contribution < -0.4 is 5.73 Å². The summed E-state index contributed by atoms with van der Waals surface area (Å²) in [5.41, 5.74) is 9.39. The van der Waals surface area contributed by atoms with E-state index in [1.807, 2.05) is 36.5 Å². The molecule has 5 N–H and O–H groups in total. The van der Waals surface area contributed by atoms with Crippen LogP contribution in [0.25, 0.3) is 11.0 Å². The Morgan fingerprint density at radius 3 is 2.75 bits per heavy atom. The maximum atomic E-state index is 9.85. The topological polar surface area (TPSA) is 111 Å². The first-order valence-electron chi connectivity index (χ1n) is 7.79. The molecule has 0 fully saturated rings. The standard InChI is InChI=1S/C17H21N5O2/c18-17-20-7-15-16(21-17)13(6-19-15)9-22(10-14(24)11-23)8-12-4-2-1-3-5-12/h1-7,14,19,23-24H,8-11H2,(H2,18,20,21)/t14-/m0/s1. The minimum atomic E-state index is -0.793. The van der Waals surface area contributed by atoms with Crippen molar-refractivity contribution in [3.8, 4) is 0 Å². The summed E-state index contributed by atoms with van der Waals surface area (Å²) in [7, 11) is 0. The normalized spacial score (nSPS) is 12.8. The smallest absolute Gasteiger partial charge is 0.220 e. The summed E-state index contributed by atoms with van der Waals surface area (Å²) in [6.07, 6.45) is 2.74. The first kappa shape index (κ1) is 16.4. The fourth-order valence-corrected chi connectivity index (χ4v) is 2.72. The van der Waals surface area contributed by atoms with Crippen LogP contribution in [0.4, 0.5) is 5.95 Å². The molecule has 0 aliphatic heterocycles. The van der Waals surface area contributed by atoms with Crippen LogP contribution in [-0.4, -0.2) is 49.3 Å². The number of hydrogen-bond acceptors (Lipinski definition) is 6. The second kappa shape index (κ2) is 7.39. The van der Waals surface area contributed by atoms with Crippen molar-refractivity contribution >= 4 is 17.0 Å². The highest BCUT2D eigenvalue weighted by Crippen LogP contribution is 2.19. The van der Waals surface area contributed by atoms with Gasteiger partial charge in [0.25, 0.3) is 0 Å². The Balaban J connectivity index is 1.83. The van der Waals surface area contributed by atoms with E-state index in [1.165, 1.54) is 0 Å². The number of fused-ring (bicyclic) bond motifs is 1. The molecule has 1 aromatic carbocycles. The van der Waals surface area contributed by atoms with Gasteiger partial charge in [0.1, 0.15) is 0 Å². The highest BCUT2D eigenvalue weighted by Gasteiger charge is 2.15. The monoisotopic (exact) mass is 327 g/mol. The van der Waals surface area contributed by atoms with E-state index >= 15 is 0 Å². The lowest BCUT2D eigenvalue weighted by molar-refractivity contribution is 0.0543. The molecule has 7 nitrogen and oxygen atoms in total. The number of H-pyrrole nitrogens is 1. The van der Waals surface area contributed by atoms with Crippen molar-refractivity contribution in [2.45, 2.75) is 19.2 Å². The zero-order valence-electron chi connectivity index (χ0n) is 13.3. The molecule has 0 aliphatic rings. The third-order valence-electron chi connectivity index (χ3n) is 3.84. The van der Waals surface area contributed by atoms with Crippen molar-refractivity contribution in [1.82, 2.24) is 19.9 Å². The van der Waals surface area contributed by atoms with Gasteiger partial charge in [-0.3, -0.25) is 4.90 Å². The Hall–Kier alpha value is -2.48. The summed E-state index contributed by atoms with van der Waals surface area (Å²) in [6, 6.07) is 10.0. The van der Waals surface area contributed by atoms with Crippen LogP contribution in [0.1, 0.15) is 11.1 Å². The largest absolute Gasteiger partial charge is 0.394 e. The van der Waals surface area contributed by atoms with Crippen LogP contribution in [-0.2, 0) is 13.1 Å². The third-order valence-corrected chi connectivity index (χ3v) is 3.84. The van der Waals surface area contributed by atoms with Gasteiger partial charge in [-0.1, -0.05) is 30.3 Å². The first-order chi connectivity index (χ1) is 11.7. The molecule has 0 unspecified atom stereocenters. The number of aromatic amines is 1. The number of rotatable bonds is 7. The number of nitrogen functional groups attached to an aromatic ring is 1. The molecule has 0 bridgehead atoms. The average Bonchev–Trinajstić information content (AvgIpc) is 2.97. The SMILES string of the molecule is Nc1ncc2[nH]cc(CN(Cc3ccccc3)C[C@H](O)CO)c2n1. The van der Waals surface area contributed by atoms with Gasteiger partial charge in [-0.15, -0.1) is 0 Å². The molecular formula is C17H21N5O2. The van der Waals surface area contributed by atoms with Crippen LogP contribution in [0.3, 0.4) is 0 Å². The Bertz CT molecular complexity index is 790. The molecule has 0 amide bonds. The number of nitrogens with one attached hydrogen (secondary N) is 1. The number of hydrogen-bond donors (Lipinski definition) is 4. The van der Waals surface area contributed by atoms with Crippen LogP contribution >= 0.6 is 0 Å². The van der Waals surface area contributed by atoms with Crippen LogP contribution in [0.5, 0.6) is 0 Å². The van der Waals surface area contributed by atoms with Gasteiger partial charge < -0.3 is 20.9 Å². The molecule has 24 heavy (non-hydrogen) atoms. The molecule has 7 heteroatoms. The lowest BCUT2D eigenvalue weighted by Gasteiger charge is -2.24. The van der Waals surface area contributed by atoms with Crippen molar-refractivity contribution in [2.24, 2.45) is 0 Å². The lowest BCUT2D eigenvalue weighted by Crippen LogP contribution is -2.33. The number of nitrogens with zero attached hydrogens (tertiary/aromatic N) is 3. The van der Waals surface area contributed by atoms with Crippen molar-refractivity contribution in [1.29, 1.82) is 0 Å². The predicted molar refractivity (Wildman–Crippen MR) is 91.9 cm³/mol. The molecule has 0 aliphatic carbocycles. The summed E-state index contributed by atoms with van der Waals surface area (Å²) >= 11 is 0. The van der Waals surface area contributed by atoms with Crippen molar-refractivity contribution in [3.05, 3.63) is 53.9 Å². The van der Waals surface area contributed by atoms with Gasteiger partial charge in [-0.25, -0.2) is 9.97 Å². The summed E-state index contributed by atoms with van der Waals surface area (Å²) in [6.45, 7) is 1.32. The molecule has 2 aromatic heterocycles. The number of aliphatic hydroxyl groups excluding tert-OH is 2. The molecule has 3 rings (SSSR count). The van der Waals surface area contributed by atoms with E-state index < -0.39 is 6.10 Å². The molecule has 0 radical (unpaired) electrons. The summed E-state index contributed by atoms with van der Waals surface area (Å²) in [4.78, 5) is 13.5. The Kier molecular flexibility index (Phi) is 5.05. The Morgan fingerprint density at radius 2 is 2.00 bits per heavy atom. The second-order valence-corrected chi connectivity index (χ2v) is 5.80. The number of anilines is 1. The van der Waals surface area contributed by atoms with E-state index in [4.69, 9.17) is 10.8 Å². The van der Waals surface area contributed by atoms with Gasteiger partial charge in [-0.2, -0.15) is 0 Å². The van der Waals surface area contributed by atoms with Crippen LogP contribution in [0, 0.1) is 0 Å². The zero-order chi connectivity index (χ0) is 16.9. The molecule has 0 saturated heterocycles. The van der Waals surface area contributed by atoms with Gasteiger partial charge in [0.15, 0.2) is 0 Å². The average molecular weight is 327 g/mol. The van der Waals surface area contributed by atoms with E-state index in [2.05, 4.69) is 19.9 Å². The highest BCUT2D eigenvalue weighted by molar-refractivity contribution is 5.78. The number of aliphatic hydroxyl groups is 2. The number of aromatic nitrogens is 3. The Morgan fingerprint density at radius 1 is 1.21 bits per heavy atom. The van der Waals surface area contributed by atoms with Crippen molar-refractivity contribution < 1.29 is 10.2 Å². The molecule has 126 valence electrons. The number of benzene rings is 1. The summed E-state index contributed by atoms with van der Waals surface area (Å²) in [5, 5.41) is 19.0. The predicted octanol–water partition coefficient (Wildman–Crippen LogP) is 0.895. The lowest BCUT2D eigenvalue weighted by atomic mass is 10.2. The maximum absolute atomic E-state index is 9.85. The Labute approximate surface area is 139 Å². The van der Waals surface area contributed by atoms with E-state index in [9.17, 15) is 5.11 Å². The molecule has 0 saturated carbocycles. The molecular weight excluding hydrogens is 306 g/mol. The van der Waals surface area contributed by atoms with E-state index in [0.717, 1.165) is 22.2 Å². The zero-order valence-corrected chi connectivity index (χ0v) is 13.3. The summed E-state index contributed by atoms with van der Waals surface area (Å²) < 4.78 is 0. The second-order valence-electron chi connectivity index (χ2n) is 5.80. The van der Waals surface area contributed by atoms with E-state index in [0.29, 0.717) is 19.6 Å². The summed E-state index contributed by atoms with van der Waals surface area (Å²) in [5.74, 6) is 0.230. The van der Waals surface area contributed by atoms with Gasteiger partial charge >= 0.3 is 0 Å².